The highest BCUT2D eigenvalue weighted by Crippen LogP contribution is 2.09. The number of nitrogens with one attached hydrogen (secondary N) is 1. The van der Waals surface area contributed by atoms with Crippen molar-refractivity contribution in [3.8, 4) is 0 Å². The van der Waals surface area contributed by atoms with Crippen molar-refractivity contribution in [3.63, 3.8) is 0 Å². The van der Waals surface area contributed by atoms with Gasteiger partial charge in [0.2, 0.25) is 5.91 Å². The standard InChI is InChI=1S/C14H21N3O4/c1-16-4-5-17(14(16)20)9-13(19)15-8-11(10-18)7-12-3-2-6-21-12/h2-3,6,11,18H,4-5,7-10H2,1H3,(H,15,19)/t11-/m0/s1. The van der Waals surface area contributed by atoms with Crippen LogP contribution in [0.5, 0.6) is 0 Å². The molecule has 1 aromatic rings. The molecule has 7 nitrogen and oxygen atoms in total. The van der Waals surface area contributed by atoms with Crippen LogP contribution in [0.4, 0.5) is 4.79 Å². The van der Waals surface area contributed by atoms with E-state index in [1.807, 2.05) is 6.07 Å². The SMILES string of the molecule is CN1CCN(CC(=O)NC[C@@H](CO)Cc2ccco2)C1=O. The first-order valence-electron chi connectivity index (χ1n) is 7.00. The van der Waals surface area contributed by atoms with Gasteiger partial charge in [-0.1, -0.05) is 0 Å². The molecule has 3 amide bonds. The zero-order chi connectivity index (χ0) is 15.2. The number of hydrogen-bond acceptors (Lipinski definition) is 4. The number of rotatable bonds is 7. The largest absolute Gasteiger partial charge is 0.469 e. The van der Waals surface area contributed by atoms with Crippen molar-refractivity contribution in [1.82, 2.24) is 15.1 Å². The van der Waals surface area contributed by atoms with Gasteiger partial charge in [0.1, 0.15) is 12.3 Å². The molecular formula is C14H21N3O4. The molecule has 0 saturated carbocycles. The number of carbonyl (C=O) groups excluding carboxylic acids is 2. The number of nitrogens with zero attached hydrogens (tertiary/aromatic N) is 2. The maximum Gasteiger partial charge on any atom is 0.320 e. The smallest absolute Gasteiger partial charge is 0.320 e. The molecule has 1 aliphatic heterocycles. The van der Waals surface area contributed by atoms with Gasteiger partial charge in [0.15, 0.2) is 0 Å². The molecule has 1 atom stereocenters. The van der Waals surface area contributed by atoms with Gasteiger partial charge in [-0.2, -0.15) is 0 Å². The Balaban J connectivity index is 1.73. The lowest BCUT2D eigenvalue weighted by atomic mass is 10.1. The number of amides is 3. The highest BCUT2D eigenvalue weighted by Gasteiger charge is 2.26. The normalized spacial score (nSPS) is 16.4. The third kappa shape index (κ3) is 4.22. The van der Waals surface area contributed by atoms with E-state index in [2.05, 4.69) is 5.32 Å². The van der Waals surface area contributed by atoms with E-state index in [4.69, 9.17) is 4.42 Å². The van der Waals surface area contributed by atoms with Crippen LogP contribution >= 0.6 is 0 Å². The summed E-state index contributed by atoms with van der Waals surface area (Å²) >= 11 is 0. The molecule has 21 heavy (non-hydrogen) atoms. The van der Waals surface area contributed by atoms with Crippen molar-refractivity contribution in [2.24, 2.45) is 5.92 Å². The predicted molar refractivity (Wildman–Crippen MR) is 75.6 cm³/mol. The molecule has 7 heteroatoms. The molecule has 0 aromatic carbocycles. The molecule has 1 aromatic heterocycles. The molecule has 0 spiro atoms. The van der Waals surface area contributed by atoms with Crippen LogP contribution in [0, 0.1) is 5.92 Å². The van der Waals surface area contributed by atoms with Crippen molar-refractivity contribution < 1.29 is 19.1 Å². The second kappa shape index (κ2) is 7.12. The molecule has 0 aliphatic carbocycles. The number of furan rings is 1. The summed E-state index contributed by atoms with van der Waals surface area (Å²) in [6, 6.07) is 3.50. The van der Waals surface area contributed by atoms with Gasteiger partial charge in [0.05, 0.1) is 6.26 Å². The Morgan fingerprint density at radius 2 is 2.33 bits per heavy atom. The van der Waals surface area contributed by atoms with Gasteiger partial charge < -0.3 is 24.6 Å². The zero-order valence-corrected chi connectivity index (χ0v) is 12.1. The Morgan fingerprint density at radius 3 is 2.90 bits per heavy atom. The van der Waals surface area contributed by atoms with Crippen molar-refractivity contribution in [1.29, 1.82) is 0 Å². The Bertz CT molecular complexity index is 475. The number of aliphatic hydroxyl groups is 1. The summed E-state index contributed by atoms with van der Waals surface area (Å²) < 4.78 is 5.22. The van der Waals surface area contributed by atoms with E-state index in [-0.39, 0.29) is 31.0 Å². The van der Waals surface area contributed by atoms with Crippen molar-refractivity contribution in [2.75, 3.05) is 39.8 Å². The topological polar surface area (TPSA) is 86.0 Å². The first-order chi connectivity index (χ1) is 10.1. The van der Waals surface area contributed by atoms with Crippen LogP contribution in [0.25, 0.3) is 0 Å². The van der Waals surface area contributed by atoms with E-state index in [1.54, 1.807) is 24.3 Å². The van der Waals surface area contributed by atoms with E-state index in [1.165, 1.54) is 4.90 Å². The number of carbonyl (C=O) groups is 2. The van der Waals surface area contributed by atoms with E-state index in [0.717, 1.165) is 5.76 Å². The molecule has 1 saturated heterocycles. The van der Waals surface area contributed by atoms with Crippen LogP contribution < -0.4 is 5.32 Å². The lowest BCUT2D eigenvalue weighted by molar-refractivity contribution is -0.121. The molecule has 0 bridgehead atoms. The molecule has 116 valence electrons. The minimum atomic E-state index is -0.212. The van der Waals surface area contributed by atoms with Crippen LogP contribution in [0.3, 0.4) is 0 Å². The summed E-state index contributed by atoms with van der Waals surface area (Å²) in [4.78, 5) is 26.6. The molecular weight excluding hydrogens is 274 g/mol. The van der Waals surface area contributed by atoms with Gasteiger partial charge in [0, 0.05) is 45.6 Å². The first kappa shape index (κ1) is 15.4. The van der Waals surface area contributed by atoms with Crippen LogP contribution in [-0.2, 0) is 11.2 Å². The van der Waals surface area contributed by atoms with Gasteiger partial charge in [-0.05, 0) is 12.1 Å². The van der Waals surface area contributed by atoms with Gasteiger partial charge in [0.25, 0.3) is 0 Å². The third-order valence-electron chi connectivity index (χ3n) is 3.55. The molecule has 2 N–H and O–H groups in total. The first-order valence-corrected chi connectivity index (χ1v) is 7.00. The van der Waals surface area contributed by atoms with Gasteiger partial charge in [-0.15, -0.1) is 0 Å². The van der Waals surface area contributed by atoms with Crippen LogP contribution in [-0.4, -0.2) is 66.7 Å². The summed E-state index contributed by atoms with van der Waals surface area (Å²) in [5.41, 5.74) is 0. The summed E-state index contributed by atoms with van der Waals surface area (Å²) in [7, 11) is 1.71. The molecule has 1 fully saturated rings. The quantitative estimate of drug-likeness (QED) is 0.736. The van der Waals surface area contributed by atoms with Gasteiger partial charge >= 0.3 is 6.03 Å². The molecule has 1 aliphatic rings. The van der Waals surface area contributed by atoms with Crippen molar-refractivity contribution in [3.05, 3.63) is 24.2 Å². The summed E-state index contributed by atoms with van der Waals surface area (Å²) in [5.74, 6) is 0.466. The summed E-state index contributed by atoms with van der Waals surface area (Å²) in [5, 5.41) is 12.1. The lowest BCUT2D eigenvalue weighted by Crippen LogP contribution is -2.41. The predicted octanol–water partition coefficient (Wildman–Crippen LogP) is -0.0858. The fourth-order valence-electron chi connectivity index (χ4n) is 2.25. The minimum absolute atomic E-state index is 0.0354. The highest BCUT2D eigenvalue weighted by molar-refractivity contribution is 5.84. The fourth-order valence-corrected chi connectivity index (χ4v) is 2.25. The molecule has 0 unspecified atom stereocenters. The average molecular weight is 295 g/mol. The zero-order valence-electron chi connectivity index (χ0n) is 12.1. The van der Waals surface area contributed by atoms with Crippen molar-refractivity contribution in [2.45, 2.75) is 6.42 Å². The van der Waals surface area contributed by atoms with Crippen LogP contribution in [0.2, 0.25) is 0 Å². The summed E-state index contributed by atoms with van der Waals surface area (Å²) in [6.07, 6.45) is 2.15. The second-order valence-corrected chi connectivity index (χ2v) is 5.26. The Labute approximate surface area is 123 Å². The minimum Gasteiger partial charge on any atom is -0.469 e. The van der Waals surface area contributed by atoms with Gasteiger partial charge in [-0.25, -0.2) is 4.79 Å². The van der Waals surface area contributed by atoms with E-state index >= 15 is 0 Å². The lowest BCUT2D eigenvalue weighted by Gasteiger charge is -2.17. The van der Waals surface area contributed by atoms with E-state index in [0.29, 0.717) is 26.1 Å². The summed E-state index contributed by atoms with van der Waals surface area (Å²) in [6.45, 7) is 1.59. The van der Waals surface area contributed by atoms with Gasteiger partial charge in [-0.3, -0.25) is 4.79 Å². The van der Waals surface area contributed by atoms with E-state index < -0.39 is 0 Å². The Kier molecular flexibility index (Phi) is 5.21. The van der Waals surface area contributed by atoms with Crippen molar-refractivity contribution >= 4 is 11.9 Å². The number of aliphatic hydroxyl groups excluding tert-OH is 1. The average Bonchev–Trinajstić information content (AvgIpc) is 3.09. The Morgan fingerprint density at radius 1 is 1.52 bits per heavy atom. The maximum atomic E-state index is 11.8. The monoisotopic (exact) mass is 295 g/mol. The molecule has 2 rings (SSSR count). The number of likely N-dealkylation sites (N-methyl/N-ethyl adjacent to an activating group) is 1. The fraction of sp³-hybridized carbons (Fsp3) is 0.571. The maximum absolute atomic E-state index is 11.8. The van der Waals surface area contributed by atoms with Crippen LogP contribution in [0.15, 0.2) is 22.8 Å². The second-order valence-electron chi connectivity index (χ2n) is 5.26. The Hall–Kier alpha value is -2.02. The molecule has 2 heterocycles. The number of urea groups is 1. The third-order valence-corrected chi connectivity index (χ3v) is 3.55. The van der Waals surface area contributed by atoms with Crippen LogP contribution in [0.1, 0.15) is 5.76 Å². The molecule has 0 radical (unpaired) electrons. The highest BCUT2D eigenvalue weighted by atomic mass is 16.3. The van der Waals surface area contributed by atoms with E-state index in [9.17, 15) is 14.7 Å². The number of hydrogen-bond donors (Lipinski definition) is 2.